The van der Waals surface area contributed by atoms with Crippen LogP contribution in [0.1, 0.15) is 86.3 Å². The number of halogens is 3. The first-order chi connectivity index (χ1) is 29.2. The van der Waals surface area contributed by atoms with Crippen LogP contribution in [-0.2, 0) is 36.3 Å². The number of ether oxygens (including phenoxy) is 7. The van der Waals surface area contributed by atoms with Gasteiger partial charge < -0.3 is 33.2 Å². The molecule has 1 unspecified atom stereocenters. The van der Waals surface area contributed by atoms with E-state index in [2.05, 4.69) is 6.92 Å². The molecule has 1 heterocycles. The van der Waals surface area contributed by atoms with E-state index in [0.717, 1.165) is 58.5 Å². The minimum absolute atomic E-state index is 0.00602. The van der Waals surface area contributed by atoms with Crippen LogP contribution in [-0.4, -0.2) is 53.1 Å². The van der Waals surface area contributed by atoms with Crippen LogP contribution in [0, 0.1) is 0 Å². The molecule has 1 aliphatic heterocycles. The van der Waals surface area contributed by atoms with Crippen molar-refractivity contribution in [3.05, 3.63) is 118 Å². The lowest BCUT2D eigenvalue weighted by Gasteiger charge is -2.38. The third-order valence-electron chi connectivity index (χ3n) is 11.4. The lowest BCUT2D eigenvalue weighted by atomic mass is 9.76. The molecule has 2 aliphatic rings. The molecule has 1 aliphatic carbocycles. The second-order valence-corrected chi connectivity index (χ2v) is 15.5. The average Bonchev–Trinajstić information content (AvgIpc) is 3.51. The van der Waals surface area contributed by atoms with Gasteiger partial charge in [-0.3, -0.25) is 9.59 Å². The van der Waals surface area contributed by atoms with E-state index in [1.54, 1.807) is 39.5 Å². The fourth-order valence-corrected chi connectivity index (χ4v) is 8.30. The molecule has 7 rings (SSSR count). The molecule has 0 aromatic heterocycles. The predicted octanol–water partition coefficient (Wildman–Crippen LogP) is 11.0. The highest BCUT2D eigenvalue weighted by atomic mass is 19.4. The predicted molar refractivity (Wildman–Crippen MR) is 226 cm³/mol. The van der Waals surface area contributed by atoms with E-state index in [-0.39, 0.29) is 26.1 Å². The van der Waals surface area contributed by atoms with Gasteiger partial charge in [-0.2, -0.15) is 13.2 Å². The van der Waals surface area contributed by atoms with E-state index in [0.29, 0.717) is 51.9 Å². The summed E-state index contributed by atoms with van der Waals surface area (Å²) in [5.74, 6) is 1.69. The molecule has 0 amide bonds. The van der Waals surface area contributed by atoms with Crippen molar-refractivity contribution < 1.29 is 55.9 Å². The Morgan fingerprint density at radius 3 is 1.90 bits per heavy atom. The molecule has 5 aromatic carbocycles. The van der Waals surface area contributed by atoms with Crippen LogP contribution in [0.3, 0.4) is 0 Å². The van der Waals surface area contributed by atoms with E-state index in [9.17, 15) is 22.8 Å². The zero-order valence-corrected chi connectivity index (χ0v) is 35.1. The molecular formula is C49H49F3O9. The first-order valence-electron chi connectivity index (χ1n) is 20.3. The van der Waals surface area contributed by atoms with E-state index in [1.807, 2.05) is 74.5 Å². The Hall–Kier alpha value is -6.17. The summed E-state index contributed by atoms with van der Waals surface area (Å²) in [7, 11) is 4.68. The number of unbranched alkanes of at least 4 members (excludes halogenated alkanes) is 2. The lowest BCUT2D eigenvalue weighted by Crippen LogP contribution is -2.35. The normalized spacial score (nSPS) is 15.9. The molecule has 0 bridgehead atoms. The molecule has 320 valence electrons. The van der Waals surface area contributed by atoms with Crippen LogP contribution in [0.15, 0.2) is 84.9 Å². The summed E-state index contributed by atoms with van der Waals surface area (Å²) in [5, 5.41) is 1.43. The van der Waals surface area contributed by atoms with Crippen LogP contribution >= 0.6 is 0 Å². The van der Waals surface area contributed by atoms with Gasteiger partial charge in [0.1, 0.15) is 30.5 Å². The smallest absolute Gasteiger partial charge is 0.416 e. The monoisotopic (exact) mass is 838 g/mol. The molecule has 0 saturated carbocycles. The van der Waals surface area contributed by atoms with Gasteiger partial charge in [-0.1, -0.05) is 70.0 Å². The van der Waals surface area contributed by atoms with Crippen LogP contribution in [0.25, 0.3) is 28.0 Å². The number of alkyl halides is 3. The summed E-state index contributed by atoms with van der Waals surface area (Å²) in [6, 6.07) is 22.6. The van der Waals surface area contributed by atoms with Gasteiger partial charge in [0.2, 0.25) is 0 Å². The van der Waals surface area contributed by atoms with Gasteiger partial charge in [-0.25, -0.2) is 0 Å². The molecule has 0 spiro atoms. The molecule has 0 N–H and O–H groups in total. The molecule has 61 heavy (non-hydrogen) atoms. The van der Waals surface area contributed by atoms with Crippen molar-refractivity contribution in [1.82, 2.24) is 0 Å². The molecule has 0 radical (unpaired) electrons. The summed E-state index contributed by atoms with van der Waals surface area (Å²) < 4.78 is 83.1. The molecule has 12 heteroatoms. The molecule has 0 fully saturated rings. The second-order valence-electron chi connectivity index (χ2n) is 15.5. The first kappa shape index (κ1) is 42.9. The number of rotatable bonds is 16. The molecule has 1 atom stereocenters. The average molecular weight is 839 g/mol. The Morgan fingerprint density at radius 1 is 0.705 bits per heavy atom. The third-order valence-corrected chi connectivity index (χ3v) is 11.4. The van der Waals surface area contributed by atoms with E-state index >= 15 is 0 Å². The number of hydrogen-bond donors (Lipinski definition) is 0. The number of carbonyl (C=O) groups excluding carboxylic acids is 2. The van der Waals surface area contributed by atoms with Crippen molar-refractivity contribution in [3.63, 3.8) is 0 Å². The van der Waals surface area contributed by atoms with Gasteiger partial charge in [0, 0.05) is 27.5 Å². The number of fused-ring (bicyclic) bond motifs is 8. The van der Waals surface area contributed by atoms with Gasteiger partial charge >= 0.3 is 18.1 Å². The number of benzene rings is 5. The summed E-state index contributed by atoms with van der Waals surface area (Å²) in [6.07, 6.45) is 2.13. The third kappa shape index (κ3) is 8.32. The maximum absolute atomic E-state index is 14.1. The van der Waals surface area contributed by atoms with Crippen molar-refractivity contribution in [2.24, 2.45) is 0 Å². The number of esters is 2. The van der Waals surface area contributed by atoms with Crippen LogP contribution in [0.2, 0.25) is 0 Å². The van der Waals surface area contributed by atoms with Crippen LogP contribution < -0.4 is 23.7 Å². The highest BCUT2D eigenvalue weighted by Gasteiger charge is 2.45. The summed E-state index contributed by atoms with van der Waals surface area (Å²) in [6.45, 7) is 6.37. The SMILES string of the molecule is CCCCCOC(=O)CCC(=O)OCCOc1ccc(C2(c3ccc(OC)cc3)C=Cc3c4c(c5cc(OC)c(OC)cc5c3O2)-c2ccc(C(F)(F)F)cc2C4(C)C)cc1. The van der Waals surface area contributed by atoms with Gasteiger partial charge in [0.15, 0.2) is 17.1 Å². The van der Waals surface area contributed by atoms with Crippen molar-refractivity contribution in [2.75, 3.05) is 41.2 Å². The van der Waals surface area contributed by atoms with Crippen molar-refractivity contribution in [1.29, 1.82) is 0 Å². The first-order valence-corrected chi connectivity index (χ1v) is 20.3. The zero-order chi connectivity index (χ0) is 43.5. The summed E-state index contributed by atoms with van der Waals surface area (Å²) >= 11 is 0. The molecule has 0 saturated heterocycles. The Balaban J connectivity index is 1.22. The highest BCUT2D eigenvalue weighted by molar-refractivity contribution is 6.09. The topological polar surface area (TPSA) is 98.8 Å². The minimum Gasteiger partial charge on any atom is -0.497 e. The van der Waals surface area contributed by atoms with Crippen LogP contribution in [0.5, 0.6) is 28.7 Å². The molecular weight excluding hydrogens is 790 g/mol. The van der Waals surface area contributed by atoms with Gasteiger partial charge in [-0.05, 0) is 88.7 Å². The quantitative estimate of drug-likeness (QED) is 0.0710. The standard InChI is InChI=1S/C49H49F3O9/c1-7-8-9-24-59-42(53)20-21-43(54)60-26-25-58-34-17-12-31(13-18-34)48(30-10-15-33(55-4)16-11-30)23-22-36-45-44(35-19-14-32(49(50,51)52)27-39(35)47(45,2)3)37-28-40(56-5)41(57-6)29-38(37)46(36)61-48/h10-19,22-23,27-29H,7-9,20-21,24-26H2,1-6H3. The van der Waals surface area contributed by atoms with Gasteiger partial charge in [0.25, 0.3) is 0 Å². The van der Waals surface area contributed by atoms with Crippen molar-refractivity contribution >= 4 is 28.8 Å². The maximum Gasteiger partial charge on any atom is 0.416 e. The van der Waals surface area contributed by atoms with Crippen molar-refractivity contribution in [2.45, 2.75) is 70.1 Å². The summed E-state index contributed by atoms with van der Waals surface area (Å²) in [4.78, 5) is 24.2. The molecule has 9 nitrogen and oxygen atoms in total. The lowest BCUT2D eigenvalue weighted by molar-refractivity contribution is -0.150. The number of methoxy groups -OCH3 is 3. The van der Waals surface area contributed by atoms with Crippen LogP contribution in [0.4, 0.5) is 13.2 Å². The van der Waals surface area contributed by atoms with E-state index in [4.69, 9.17) is 33.2 Å². The van der Waals surface area contributed by atoms with E-state index < -0.39 is 34.7 Å². The summed E-state index contributed by atoms with van der Waals surface area (Å²) in [5.41, 5.74) is 2.43. The van der Waals surface area contributed by atoms with Gasteiger partial charge in [-0.15, -0.1) is 0 Å². The zero-order valence-electron chi connectivity index (χ0n) is 35.1. The Kier molecular flexibility index (Phi) is 12.3. The highest BCUT2D eigenvalue weighted by Crippen LogP contribution is 2.59. The Bertz CT molecular complexity index is 2450. The van der Waals surface area contributed by atoms with E-state index in [1.165, 1.54) is 6.07 Å². The largest absolute Gasteiger partial charge is 0.497 e. The van der Waals surface area contributed by atoms with Crippen molar-refractivity contribution in [3.8, 4) is 39.9 Å². The fourth-order valence-electron chi connectivity index (χ4n) is 8.30. The van der Waals surface area contributed by atoms with Gasteiger partial charge in [0.05, 0.1) is 46.3 Å². The Morgan fingerprint density at radius 2 is 1.31 bits per heavy atom. The molecule has 5 aromatic rings. The number of carbonyl (C=O) groups is 2. The second kappa shape index (κ2) is 17.4. The Labute approximate surface area is 353 Å². The number of hydrogen-bond acceptors (Lipinski definition) is 9. The maximum atomic E-state index is 14.1. The minimum atomic E-state index is -4.52. The fraction of sp³-hybridized carbons (Fsp3) is 0.347.